The van der Waals surface area contributed by atoms with Crippen molar-refractivity contribution in [3.63, 3.8) is 0 Å². The molecule has 0 radical (unpaired) electrons. The van der Waals surface area contributed by atoms with E-state index in [4.69, 9.17) is 10.8 Å². The van der Waals surface area contributed by atoms with Crippen molar-refractivity contribution in [1.29, 1.82) is 0 Å². The molecule has 1 aliphatic heterocycles. The van der Waals surface area contributed by atoms with Crippen LogP contribution in [0.4, 0.5) is 0 Å². The summed E-state index contributed by atoms with van der Waals surface area (Å²) in [6.45, 7) is 7.44. The van der Waals surface area contributed by atoms with Crippen LogP contribution in [-0.2, 0) is 5.41 Å². The number of amides is 1. The molecule has 2 N–H and O–H groups in total. The highest BCUT2D eigenvalue weighted by molar-refractivity contribution is 5.96. The predicted molar refractivity (Wildman–Crippen MR) is 123 cm³/mol. The maximum Gasteiger partial charge on any atom is 0.257 e. The molecule has 1 aliphatic rings. The van der Waals surface area contributed by atoms with Gasteiger partial charge in [-0.15, -0.1) is 12.4 Å². The Hall–Kier alpha value is -2.63. The molecule has 4 rings (SSSR count). The van der Waals surface area contributed by atoms with E-state index in [1.165, 1.54) is 5.56 Å². The Morgan fingerprint density at radius 1 is 1.00 bits per heavy atom. The van der Waals surface area contributed by atoms with Gasteiger partial charge in [0.15, 0.2) is 0 Å². The first-order valence-electron chi connectivity index (χ1n) is 10.1. The van der Waals surface area contributed by atoms with Crippen molar-refractivity contribution in [3.05, 3.63) is 83.7 Å². The van der Waals surface area contributed by atoms with E-state index in [1.807, 2.05) is 59.6 Å². The molecule has 0 spiro atoms. The zero-order chi connectivity index (χ0) is 20.6. The highest BCUT2D eigenvalue weighted by Gasteiger charge is 2.37. The maximum absolute atomic E-state index is 13.5. The van der Waals surface area contributed by atoms with E-state index in [-0.39, 0.29) is 35.7 Å². The number of carbonyl (C=O) groups is 1. The van der Waals surface area contributed by atoms with Crippen LogP contribution in [0, 0.1) is 0 Å². The Labute approximate surface area is 184 Å². The van der Waals surface area contributed by atoms with Gasteiger partial charge in [-0.05, 0) is 17.7 Å². The molecule has 0 unspecified atom stereocenters. The van der Waals surface area contributed by atoms with Crippen LogP contribution in [0.1, 0.15) is 48.3 Å². The molecule has 1 aromatic heterocycles. The van der Waals surface area contributed by atoms with E-state index >= 15 is 0 Å². The third-order valence-electron chi connectivity index (χ3n) is 5.56. The van der Waals surface area contributed by atoms with Crippen molar-refractivity contribution in [3.8, 4) is 5.69 Å². The SMILES string of the molecule is CC(C)(C)c1nn(-c2ccccc2)cc1C(=O)N1C[C@@H](N)[C@H](c2ccccc2)C1.Cl. The summed E-state index contributed by atoms with van der Waals surface area (Å²) in [5.41, 5.74) is 9.77. The first kappa shape index (κ1) is 22.1. The molecule has 1 fully saturated rings. The summed E-state index contributed by atoms with van der Waals surface area (Å²) in [4.78, 5) is 15.4. The van der Waals surface area contributed by atoms with Crippen LogP contribution in [0.15, 0.2) is 66.9 Å². The van der Waals surface area contributed by atoms with Gasteiger partial charge in [-0.1, -0.05) is 69.3 Å². The van der Waals surface area contributed by atoms with Crippen molar-refractivity contribution < 1.29 is 4.79 Å². The fraction of sp³-hybridized carbons (Fsp3) is 0.333. The van der Waals surface area contributed by atoms with E-state index in [0.717, 1.165) is 11.4 Å². The van der Waals surface area contributed by atoms with Gasteiger partial charge in [0.25, 0.3) is 5.91 Å². The summed E-state index contributed by atoms with van der Waals surface area (Å²) in [6.07, 6.45) is 1.86. The summed E-state index contributed by atoms with van der Waals surface area (Å²) in [6, 6.07) is 20.1. The molecule has 1 saturated heterocycles. The molecular weight excluding hydrogens is 396 g/mol. The van der Waals surface area contributed by atoms with Gasteiger partial charge < -0.3 is 10.6 Å². The Morgan fingerprint density at radius 2 is 1.60 bits per heavy atom. The number of benzene rings is 2. The molecule has 0 saturated carbocycles. The molecule has 0 bridgehead atoms. The van der Waals surface area contributed by atoms with E-state index in [9.17, 15) is 4.79 Å². The van der Waals surface area contributed by atoms with Crippen LogP contribution >= 0.6 is 12.4 Å². The third kappa shape index (κ3) is 4.27. The lowest BCUT2D eigenvalue weighted by atomic mass is 9.89. The Morgan fingerprint density at radius 3 is 2.20 bits per heavy atom. The smallest absolute Gasteiger partial charge is 0.257 e. The molecule has 30 heavy (non-hydrogen) atoms. The van der Waals surface area contributed by atoms with E-state index in [2.05, 4.69) is 32.9 Å². The van der Waals surface area contributed by atoms with Crippen molar-refractivity contribution in [1.82, 2.24) is 14.7 Å². The molecule has 0 aliphatic carbocycles. The van der Waals surface area contributed by atoms with Gasteiger partial charge in [0.05, 0.1) is 16.9 Å². The van der Waals surface area contributed by atoms with E-state index < -0.39 is 0 Å². The number of rotatable bonds is 3. The third-order valence-corrected chi connectivity index (χ3v) is 5.56. The van der Waals surface area contributed by atoms with Crippen molar-refractivity contribution in [2.75, 3.05) is 13.1 Å². The van der Waals surface area contributed by atoms with Gasteiger partial charge in [-0.25, -0.2) is 4.68 Å². The lowest BCUT2D eigenvalue weighted by Crippen LogP contribution is -2.33. The van der Waals surface area contributed by atoms with Crippen molar-refractivity contribution in [2.45, 2.75) is 38.1 Å². The van der Waals surface area contributed by atoms with E-state index in [0.29, 0.717) is 18.7 Å². The maximum atomic E-state index is 13.5. The lowest BCUT2D eigenvalue weighted by Gasteiger charge is -2.20. The number of hydrogen-bond donors (Lipinski definition) is 1. The minimum Gasteiger partial charge on any atom is -0.336 e. The molecule has 6 heteroatoms. The van der Waals surface area contributed by atoms with Gasteiger partial charge in [-0.2, -0.15) is 5.10 Å². The Bertz CT molecular complexity index is 995. The summed E-state index contributed by atoms with van der Waals surface area (Å²) in [5.74, 6) is 0.161. The summed E-state index contributed by atoms with van der Waals surface area (Å²) < 4.78 is 1.80. The van der Waals surface area contributed by atoms with Crippen molar-refractivity contribution >= 4 is 18.3 Å². The molecule has 1 amide bonds. The summed E-state index contributed by atoms with van der Waals surface area (Å²) in [5, 5.41) is 4.78. The highest BCUT2D eigenvalue weighted by atomic mass is 35.5. The van der Waals surface area contributed by atoms with Gasteiger partial charge >= 0.3 is 0 Å². The van der Waals surface area contributed by atoms with E-state index in [1.54, 1.807) is 4.68 Å². The number of carbonyl (C=O) groups excluding carboxylic acids is 1. The van der Waals surface area contributed by atoms with Crippen LogP contribution < -0.4 is 5.73 Å². The Kier molecular flexibility index (Phi) is 6.34. The number of hydrogen-bond acceptors (Lipinski definition) is 3. The second-order valence-electron chi connectivity index (χ2n) is 8.81. The number of nitrogens with zero attached hydrogens (tertiary/aromatic N) is 3. The van der Waals surface area contributed by atoms with Crippen LogP contribution in [-0.4, -0.2) is 39.7 Å². The summed E-state index contributed by atoms with van der Waals surface area (Å²) in [7, 11) is 0. The first-order chi connectivity index (χ1) is 13.8. The lowest BCUT2D eigenvalue weighted by molar-refractivity contribution is 0.0786. The Balaban J connectivity index is 0.00000256. The van der Waals surface area contributed by atoms with Gasteiger partial charge in [0.2, 0.25) is 0 Å². The standard InChI is InChI=1S/C24H28N4O.ClH/c1-24(2,3)22-20(15-28(26-22)18-12-8-5-9-13-18)23(29)27-14-19(21(25)16-27)17-10-6-4-7-11-17;/h4-13,15,19,21H,14,16,25H2,1-3H3;1H/t19-,21+;/m0./s1. The zero-order valence-electron chi connectivity index (χ0n) is 17.7. The number of likely N-dealkylation sites (tertiary alicyclic amines) is 1. The van der Waals surface area contributed by atoms with Crippen LogP contribution in [0.5, 0.6) is 0 Å². The van der Waals surface area contributed by atoms with Crippen LogP contribution in [0.3, 0.4) is 0 Å². The molecule has 2 aromatic carbocycles. The number of para-hydroxylation sites is 1. The van der Waals surface area contributed by atoms with Gasteiger partial charge in [0.1, 0.15) is 0 Å². The largest absolute Gasteiger partial charge is 0.336 e. The molecule has 5 nitrogen and oxygen atoms in total. The second-order valence-corrected chi connectivity index (χ2v) is 8.81. The van der Waals surface area contributed by atoms with Crippen LogP contribution in [0.25, 0.3) is 5.69 Å². The molecule has 158 valence electrons. The van der Waals surface area contributed by atoms with Gasteiger partial charge in [0, 0.05) is 36.7 Å². The molecular formula is C24H29ClN4O. The summed E-state index contributed by atoms with van der Waals surface area (Å²) >= 11 is 0. The molecule has 3 aromatic rings. The normalized spacial score (nSPS) is 18.9. The van der Waals surface area contributed by atoms with Crippen LogP contribution in [0.2, 0.25) is 0 Å². The quantitative estimate of drug-likeness (QED) is 0.686. The van der Waals surface area contributed by atoms with Crippen molar-refractivity contribution in [2.24, 2.45) is 5.73 Å². The average molecular weight is 425 g/mol. The average Bonchev–Trinajstić information content (AvgIpc) is 3.33. The fourth-order valence-corrected chi connectivity index (χ4v) is 4.02. The fourth-order valence-electron chi connectivity index (χ4n) is 4.02. The number of halogens is 1. The minimum atomic E-state index is -0.244. The highest BCUT2D eigenvalue weighted by Crippen LogP contribution is 2.31. The monoisotopic (exact) mass is 424 g/mol. The number of nitrogens with two attached hydrogens (primary N) is 1. The molecule has 2 atom stereocenters. The molecule has 2 heterocycles. The predicted octanol–water partition coefficient (Wildman–Crippen LogP) is 4.16. The zero-order valence-corrected chi connectivity index (χ0v) is 18.5. The first-order valence-corrected chi connectivity index (χ1v) is 10.1. The second kappa shape index (κ2) is 8.62. The minimum absolute atomic E-state index is 0. The number of aromatic nitrogens is 2. The topological polar surface area (TPSA) is 64.2 Å². The van der Waals surface area contributed by atoms with Gasteiger partial charge in [-0.3, -0.25) is 4.79 Å².